The lowest BCUT2D eigenvalue weighted by Crippen LogP contribution is -2.33. The van der Waals surface area contributed by atoms with Crippen molar-refractivity contribution >= 4 is 16.8 Å². The van der Waals surface area contributed by atoms with Crippen LogP contribution in [0.25, 0.3) is 0 Å². The van der Waals surface area contributed by atoms with E-state index in [4.69, 9.17) is 11.6 Å². The zero-order valence-electron chi connectivity index (χ0n) is 7.43. The molecule has 0 amide bonds. The van der Waals surface area contributed by atoms with E-state index in [9.17, 15) is 4.79 Å². The monoisotopic (exact) mass is 184 g/mol. The lowest BCUT2D eigenvalue weighted by atomic mass is 9.75. The first-order valence-corrected chi connectivity index (χ1v) is 5.10. The second-order valence-corrected chi connectivity index (χ2v) is 5.48. The van der Waals surface area contributed by atoms with Crippen LogP contribution in [0.4, 0.5) is 0 Å². The third-order valence-electron chi connectivity index (χ3n) is 5.34. The van der Waals surface area contributed by atoms with Crippen molar-refractivity contribution in [2.24, 2.45) is 28.6 Å². The maximum absolute atomic E-state index is 11.4. The molecule has 0 aromatic rings. The van der Waals surface area contributed by atoms with Gasteiger partial charge in [0.05, 0.1) is 5.41 Å². The normalized spacial score (nSPS) is 65.4. The second-order valence-electron chi connectivity index (χ2n) is 5.14. The molecule has 0 spiro atoms. The van der Waals surface area contributed by atoms with Gasteiger partial charge >= 0.3 is 0 Å². The predicted octanol–water partition coefficient (Wildman–Crippen LogP) is 2.43. The molecule has 0 N–H and O–H groups in total. The molecule has 66 valence electrons. The molecule has 4 saturated carbocycles. The minimum Gasteiger partial charge on any atom is -0.281 e. The summed E-state index contributed by atoms with van der Waals surface area (Å²) in [6.07, 6.45) is 2.52. The highest BCUT2D eigenvalue weighted by Gasteiger charge is 2.83. The Hall–Kier alpha value is -0.0400. The fourth-order valence-corrected chi connectivity index (χ4v) is 4.64. The van der Waals surface area contributed by atoms with E-state index in [1.165, 1.54) is 12.8 Å². The highest BCUT2D eigenvalue weighted by molar-refractivity contribution is 6.65. The molecule has 5 atom stereocenters. The summed E-state index contributed by atoms with van der Waals surface area (Å²) in [6, 6.07) is 0. The molecule has 0 heterocycles. The number of halogens is 1. The van der Waals surface area contributed by atoms with Crippen LogP contribution in [0.2, 0.25) is 0 Å². The summed E-state index contributed by atoms with van der Waals surface area (Å²) in [7, 11) is 0. The summed E-state index contributed by atoms with van der Waals surface area (Å²) in [5.41, 5.74) is 0.111. The Morgan fingerprint density at radius 2 is 1.83 bits per heavy atom. The fraction of sp³-hybridized carbons (Fsp3) is 0.900. The van der Waals surface area contributed by atoms with Gasteiger partial charge < -0.3 is 0 Å². The van der Waals surface area contributed by atoms with Gasteiger partial charge in [0.2, 0.25) is 5.24 Å². The minimum absolute atomic E-state index is 0.0856. The molecule has 4 fully saturated rings. The van der Waals surface area contributed by atoms with Crippen LogP contribution in [0.5, 0.6) is 0 Å². The van der Waals surface area contributed by atoms with Crippen molar-refractivity contribution < 1.29 is 4.79 Å². The van der Waals surface area contributed by atoms with Crippen molar-refractivity contribution in [1.82, 2.24) is 0 Å². The van der Waals surface area contributed by atoms with Gasteiger partial charge in [-0.3, -0.25) is 4.79 Å². The number of hydrogen-bond donors (Lipinski definition) is 0. The Kier molecular flexibility index (Phi) is 0.991. The number of hydrogen-bond acceptors (Lipinski definition) is 1. The maximum Gasteiger partial charge on any atom is 0.228 e. The lowest BCUT2D eigenvalue weighted by molar-refractivity contribution is -0.123. The van der Waals surface area contributed by atoms with Crippen molar-refractivity contribution in [2.45, 2.75) is 26.7 Å². The van der Waals surface area contributed by atoms with Crippen LogP contribution in [0.3, 0.4) is 0 Å². The maximum atomic E-state index is 11.4. The van der Waals surface area contributed by atoms with Gasteiger partial charge in [0.15, 0.2) is 0 Å². The first-order chi connectivity index (χ1) is 5.53. The van der Waals surface area contributed by atoms with Gasteiger partial charge in [0, 0.05) is 0 Å². The van der Waals surface area contributed by atoms with E-state index in [0.717, 1.165) is 11.8 Å². The Balaban J connectivity index is 2.14. The van der Waals surface area contributed by atoms with Crippen LogP contribution in [-0.2, 0) is 4.79 Å². The molecule has 0 aromatic heterocycles. The Morgan fingerprint density at radius 3 is 2.00 bits per heavy atom. The Morgan fingerprint density at radius 1 is 1.33 bits per heavy atom. The largest absolute Gasteiger partial charge is 0.281 e. The molecule has 12 heavy (non-hydrogen) atoms. The Bertz CT molecular complexity index is 274. The number of carbonyl (C=O) groups excluding carboxylic acids is 1. The number of rotatable bonds is 1. The van der Waals surface area contributed by atoms with Crippen molar-refractivity contribution in [3.63, 3.8) is 0 Å². The van der Waals surface area contributed by atoms with E-state index in [1.54, 1.807) is 0 Å². The van der Waals surface area contributed by atoms with Crippen molar-refractivity contribution in [3.05, 3.63) is 0 Å². The van der Waals surface area contributed by atoms with Crippen LogP contribution >= 0.6 is 11.6 Å². The van der Waals surface area contributed by atoms with Gasteiger partial charge in [-0.1, -0.05) is 13.8 Å². The van der Waals surface area contributed by atoms with E-state index in [2.05, 4.69) is 13.8 Å². The zero-order chi connectivity index (χ0) is 8.72. The molecule has 0 radical (unpaired) electrons. The van der Waals surface area contributed by atoms with Gasteiger partial charge in [-0.15, -0.1) is 0 Å². The van der Waals surface area contributed by atoms with Crippen LogP contribution in [0.15, 0.2) is 0 Å². The van der Waals surface area contributed by atoms with Crippen LogP contribution in [0.1, 0.15) is 26.7 Å². The van der Waals surface area contributed by atoms with Gasteiger partial charge in [0.25, 0.3) is 0 Å². The number of carbonyl (C=O) groups is 1. The van der Waals surface area contributed by atoms with Crippen LogP contribution < -0.4 is 0 Å². The molecule has 2 unspecified atom stereocenters. The molecular formula is C10H13ClO. The molecule has 4 bridgehead atoms. The molecule has 4 rings (SSSR count). The Labute approximate surface area is 77.5 Å². The topological polar surface area (TPSA) is 17.1 Å². The lowest BCUT2D eigenvalue weighted by Gasteiger charge is -2.29. The van der Waals surface area contributed by atoms with E-state index in [0.29, 0.717) is 5.92 Å². The predicted molar refractivity (Wildman–Crippen MR) is 46.8 cm³/mol. The highest BCUT2D eigenvalue weighted by Crippen LogP contribution is 2.86. The molecule has 4 aliphatic rings. The van der Waals surface area contributed by atoms with E-state index in [-0.39, 0.29) is 16.1 Å². The second kappa shape index (κ2) is 1.61. The average Bonchev–Trinajstić information content (AvgIpc) is 2.37. The molecule has 4 aliphatic carbocycles. The molecule has 0 aromatic carbocycles. The summed E-state index contributed by atoms with van der Waals surface area (Å²) in [6.45, 7) is 4.34. The molecule has 1 nitrogen and oxygen atoms in total. The average molecular weight is 185 g/mol. The van der Waals surface area contributed by atoms with E-state index >= 15 is 0 Å². The summed E-state index contributed by atoms with van der Waals surface area (Å²) in [4.78, 5) is 11.4. The van der Waals surface area contributed by atoms with Crippen LogP contribution in [-0.4, -0.2) is 5.24 Å². The van der Waals surface area contributed by atoms with Crippen molar-refractivity contribution in [2.75, 3.05) is 0 Å². The molecular weight excluding hydrogens is 172 g/mol. The molecule has 0 saturated heterocycles. The first-order valence-electron chi connectivity index (χ1n) is 4.73. The quantitative estimate of drug-likeness (QED) is 0.573. The summed E-state index contributed by atoms with van der Waals surface area (Å²) < 4.78 is 0. The summed E-state index contributed by atoms with van der Waals surface area (Å²) >= 11 is 5.72. The third kappa shape index (κ3) is 0.433. The molecule has 0 aliphatic heterocycles. The van der Waals surface area contributed by atoms with Crippen molar-refractivity contribution in [3.8, 4) is 0 Å². The van der Waals surface area contributed by atoms with Crippen LogP contribution in [0, 0.1) is 28.6 Å². The SMILES string of the molecule is CC12[C@@H]3CC(C[C@@H]31)[C@]2(C)C(=O)Cl. The standard InChI is InChI=1S/C10H13ClO/c1-9(8(11)12)5-3-6-7(4-5)10(6,9)2/h5-7H,3-4H2,1-2H3/t5?,6-,7+,9-,10?/m1/s1. The fourth-order valence-electron chi connectivity index (χ4n) is 4.28. The highest BCUT2D eigenvalue weighted by atomic mass is 35.5. The summed E-state index contributed by atoms with van der Waals surface area (Å²) in [5, 5.41) is -0.0856. The van der Waals surface area contributed by atoms with Crippen molar-refractivity contribution in [1.29, 1.82) is 0 Å². The molecule has 2 heteroatoms. The van der Waals surface area contributed by atoms with Gasteiger partial charge in [0.1, 0.15) is 0 Å². The van der Waals surface area contributed by atoms with Gasteiger partial charge in [-0.25, -0.2) is 0 Å². The summed E-state index contributed by atoms with van der Waals surface area (Å²) in [5.74, 6) is 2.26. The zero-order valence-corrected chi connectivity index (χ0v) is 8.19. The first kappa shape index (κ1) is 7.37. The minimum atomic E-state index is -0.177. The van der Waals surface area contributed by atoms with Gasteiger partial charge in [-0.2, -0.15) is 0 Å². The van der Waals surface area contributed by atoms with Gasteiger partial charge in [-0.05, 0) is 47.6 Å². The smallest absolute Gasteiger partial charge is 0.228 e. The van der Waals surface area contributed by atoms with E-state index in [1.807, 2.05) is 0 Å². The third-order valence-corrected chi connectivity index (χ3v) is 5.73. The van der Waals surface area contributed by atoms with E-state index < -0.39 is 0 Å².